The average molecular weight is 266 g/mol. The summed E-state index contributed by atoms with van der Waals surface area (Å²) in [5.74, 6) is 0.795. The molecule has 0 fully saturated rings. The van der Waals surface area contributed by atoms with Crippen LogP contribution in [0.3, 0.4) is 0 Å². The SMILES string of the molecule is CCNC(C)c1ccc(OC)cc1OC(C)C(N)=O. The number of rotatable bonds is 7. The van der Waals surface area contributed by atoms with Crippen LogP contribution in [-0.2, 0) is 4.79 Å². The van der Waals surface area contributed by atoms with Crippen LogP contribution < -0.4 is 20.5 Å². The molecule has 0 aliphatic rings. The van der Waals surface area contributed by atoms with E-state index in [1.807, 2.05) is 26.0 Å². The molecule has 1 amide bonds. The second-order valence-corrected chi connectivity index (χ2v) is 4.35. The molecule has 0 aliphatic heterocycles. The Morgan fingerprint density at radius 1 is 1.42 bits per heavy atom. The van der Waals surface area contributed by atoms with Gasteiger partial charge in [0.2, 0.25) is 0 Å². The van der Waals surface area contributed by atoms with Crippen molar-refractivity contribution in [1.29, 1.82) is 0 Å². The predicted molar refractivity (Wildman–Crippen MR) is 74.4 cm³/mol. The number of hydrogen-bond donors (Lipinski definition) is 2. The van der Waals surface area contributed by atoms with Gasteiger partial charge in [0.15, 0.2) is 6.10 Å². The minimum Gasteiger partial charge on any atom is -0.497 e. The summed E-state index contributed by atoms with van der Waals surface area (Å²) in [6, 6.07) is 5.67. The summed E-state index contributed by atoms with van der Waals surface area (Å²) in [5.41, 5.74) is 6.20. The lowest BCUT2D eigenvalue weighted by Gasteiger charge is -2.20. The zero-order chi connectivity index (χ0) is 14.4. The quantitative estimate of drug-likeness (QED) is 0.786. The van der Waals surface area contributed by atoms with Gasteiger partial charge in [0.25, 0.3) is 5.91 Å². The summed E-state index contributed by atoms with van der Waals surface area (Å²) >= 11 is 0. The van der Waals surface area contributed by atoms with Gasteiger partial charge >= 0.3 is 0 Å². The van der Waals surface area contributed by atoms with Gasteiger partial charge in [0, 0.05) is 17.7 Å². The van der Waals surface area contributed by atoms with Gasteiger partial charge in [-0.25, -0.2) is 0 Å². The van der Waals surface area contributed by atoms with Crippen molar-refractivity contribution in [3.05, 3.63) is 23.8 Å². The van der Waals surface area contributed by atoms with Crippen molar-refractivity contribution in [3.8, 4) is 11.5 Å². The molecule has 0 bridgehead atoms. The first-order valence-electron chi connectivity index (χ1n) is 6.36. The highest BCUT2D eigenvalue weighted by molar-refractivity contribution is 5.78. The molecule has 0 saturated carbocycles. The maximum absolute atomic E-state index is 11.1. The van der Waals surface area contributed by atoms with Crippen molar-refractivity contribution in [2.45, 2.75) is 32.9 Å². The Balaban J connectivity index is 3.05. The molecule has 106 valence electrons. The number of carbonyl (C=O) groups excluding carboxylic acids is 1. The number of hydrogen-bond acceptors (Lipinski definition) is 4. The standard InChI is InChI=1S/C14H22N2O3/c1-5-16-9(2)12-7-6-11(18-4)8-13(12)19-10(3)14(15)17/h6-10,16H,5H2,1-4H3,(H2,15,17). The number of benzene rings is 1. The Morgan fingerprint density at radius 3 is 2.63 bits per heavy atom. The maximum atomic E-state index is 11.1. The van der Waals surface area contributed by atoms with Crippen LogP contribution in [0.1, 0.15) is 32.4 Å². The molecule has 1 aromatic rings. The van der Waals surface area contributed by atoms with Crippen molar-refractivity contribution in [3.63, 3.8) is 0 Å². The van der Waals surface area contributed by atoms with Crippen molar-refractivity contribution < 1.29 is 14.3 Å². The fourth-order valence-electron chi connectivity index (χ4n) is 1.77. The average Bonchev–Trinajstić information content (AvgIpc) is 2.38. The fourth-order valence-corrected chi connectivity index (χ4v) is 1.77. The minimum absolute atomic E-state index is 0.117. The number of ether oxygens (including phenoxy) is 2. The fraction of sp³-hybridized carbons (Fsp3) is 0.500. The Hall–Kier alpha value is -1.75. The Morgan fingerprint density at radius 2 is 2.11 bits per heavy atom. The molecule has 2 unspecified atom stereocenters. The first kappa shape index (κ1) is 15.3. The lowest BCUT2D eigenvalue weighted by Crippen LogP contribution is -2.31. The van der Waals surface area contributed by atoms with Gasteiger partial charge < -0.3 is 20.5 Å². The molecule has 2 atom stereocenters. The topological polar surface area (TPSA) is 73.6 Å². The molecular weight excluding hydrogens is 244 g/mol. The molecule has 1 aromatic carbocycles. The third-order valence-electron chi connectivity index (χ3n) is 2.90. The molecule has 0 heterocycles. The molecular formula is C14H22N2O3. The summed E-state index contributed by atoms with van der Waals surface area (Å²) in [7, 11) is 1.59. The monoisotopic (exact) mass is 266 g/mol. The molecule has 0 aromatic heterocycles. The number of amides is 1. The highest BCUT2D eigenvalue weighted by Crippen LogP contribution is 2.30. The van der Waals surface area contributed by atoms with E-state index >= 15 is 0 Å². The van der Waals surface area contributed by atoms with Crippen molar-refractivity contribution in [2.24, 2.45) is 5.73 Å². The first-order chi connectivity index (χ1) is 8.99. The number of nitrogens with one attached hydrogen (secondary N) is 1. The molecule has 0 radical (unpaired) electrons. The minimum atomic E-state index is -0.681. The zero-order valence-electron chi connectivity index (χ0n) is 11.9. The van der Waals surface area contributed by atoms with Crippen molar-refractivity contribution in [1.82, 2.24) is 5.32 Å². The third-order valence-corrected chi connectivity index (χ3v) is 2.90. The van der Waals surface area contributed by atoms with Crippen LogP contribution in [0.2, 0.25) is 0 Å². The van der Waals surface area contributed by atoms with Gasteiger partial charge in [0.1, 0.15) is 11.5 Å². The molecule has 5 heteroatoms. The van der Waals surface area contributed by atoms with E-state index in [0.717, 1.165) is 12.1 Å². The van der Waals surface area contributed by atoms with Gasteiger partial charge in [-0.05, 0) is 26.5 Å². The van der Waals surface area contributed by atoms with Crippen LogP contribution in [-0.4, -0.2) is 25.7 Å². The van der Waals surface area contributed by atoms with Crippen LogP contribution in [0.15, 0.2) is 18.2 Å². The van der Waals surface area contributed by atoms with E-state index in [4.69, 9.17) is 15.2 Å². The van der Waals surface area contributed by atoms with Crippen LogP contribution >= 0.6 is 0 Å². The van der Waals surface area contributed by atoms with Crippen LogP contribution in [0, 0.1) is 0 Å². The summed E-state index contributed by atoms with van der Waals surface area (Å²) in [5, 5.41) is 3.31. The first-order valence-corrected chi connectivity index (χ1v) is 6.36. The van der Waals surface area contributed by atoms with E-state index < -0.39 is 12.0 Å². The lowest BCUT2D eigenvalue weighted by atomic mass is 10.1. The summed E-state index contributed by atoms with van der Waals surface area (Å²) in [4.78, 5) is 11.1. The Labute approximate surface area is 114 Å². The third kappa shape index (κ3) is 4.13. The second kappa shape index (κ2) is 6.99. The van der Waals surface area contributed by atoms with E-state index in [-0.39, 0.29) is 6.04 Å². The Bertz CT molecular complexity index is 435. The molecule has 5 nitrogen and oxygen atoms in total. The van der Waals surface area contributed by atoms with Gasteiger partial charge in [0.05, 0.1) is 7.11 Å². The Kier molecular flexibility index (Phi) is 5.63. The van der Waals surface area contributed by atoms with Crippen molar-refractivity contribution in [2.75, 3.05) is 13.7 Å². The van der Waals surface area contributed by atoms with Crippen molar-refractivity contribution >= 4 is 5.91 Å². The molecule has 0 saturated heterocycles. The molecule has 0 aliphatic carbocycles. The molecule has 1 rings (SSSR count). The predicted octanol–water partition coefficient (Wildman–Crippen LogP) is 1.62. The summed E-state index contributed by atoms with van der Waals surface area (Å²) in [6.07, 6.45) is -0.681. The normalized spacial score (nSPS) is 13.7. The number of methoxy groups -OCH3 is 1. The highest BCUT2D eigenvalue weighted by Gasteiger charge is 2.17. The second-order valence-electron chi connectivity index (χ2n) is 4.35. The van der Waals surface area contributed by atoms with Crippen LogP contribution in [0.25, 0.3) is 0 Å². The van der Waals surface area contributed by atoms with Gasteiger partial charge in [-0.3, -0.25) is 4.79 Å². The largest absolute Gasteiger partial charge is 0.497 e. The van der Waals surface area contributed by atoms with Crippen LogP contribution in [0.4, 0.5) is 0 Å². The lowest BCUT2D eigenvalue weighted by molar-refractivity contribution is -0.124. The van der Waals surface area contributed by atoms with E-state index in [0.29, 0.717) is 11.5 Å². The smallest absolute Gasteiger partial charge is 0.258 e. The number of primary amides is 1. The van der Waals surface area contributed by atoms with E-state index in [1.165, 1.54) is 0 Å². The van der Waals surface area contributed by atoms with E-state index in [2.05, 4.69) is 5.32 Å². The molecule has 3 N–H and O–H groups in total. The molecule has 19 heavy (non-hydrogen) atoms. The van der Waals surface area contributed by atoms with E-state index in [1.54, 1.807) is 20.1 Å². The number of nitrogens with two attached hydrogens (primary N) is 1. The zero-order valence-corrected chi connectivity index (χ0v) is 11.9. The van der Waals surface area contributed by atoms with Gasteiger partial charge in [-0.2, -0.15) is 0 Å². The molecule has 0 spiro atoms. The summed E-state index contributed by atoms with van der Waals surface area (Å²) in [6.45, 7) is 6.54. The van der Waals surface area contributed by atoms with Gasteiger partial charge in [-0.1, -0.05) is 13.0 Å². The van der Waals surface area contributed by atoms with Gasteiger partial charge in [-0.15, -0.1) is 0 Å². The number of carbonyl (C=O) groups is 1. The highest BCUT2D eigenvalue weighted by atomic mass is 16.5. The summed E-state index contributed by atoms with van der Waals surface area (Å²) < 4.78 is 10.8. The van der Waals surface area contributed by atoms with E-state index in [9.17, 15) is 4.79 Å². The maximum Gasteiger partial charge on any atom is 0.258 e. The van der Waals surface area contributed by atoms with Crippen LogP contribution in [0.5, 0.6) is 11.5 Å².